The molecule has 0 saturated heterocycles. The highest BCUT2D eigenvalue weighted by atomic mass is 16.2. The van der Waals surface area contributed by atoms with Gasteiger partial charge in [0.1, 0.15) is 0 Å². The van der Waals surface area contributed by atoms with Gasteiger partial charge in [0, 0.05) is 20.0 Å². The van der Waals surface area contributed by atoms with Crippen LogP contribution in [-0.4, -0.2) is 41.8 Å². The van der Waals surface area contributed by atoms with Crippen LogP contribution in [0.25, 0.3) is 0 Å². The number of likely N-dealkylation sites (N-methyl/N-ethyl adjacent to an activating group) is 1. The standard InChI is InChI=1S/C22H34N2O2/c1-16(14-22(3,4)5)13-20(25)23(6)15-21(26)24-12-11-18-9-7-8-10-19(18)17(24)2/h7-10,16-17H,11-15H2,1-6H3. The summed E-state index contributed by atoms with van der Waals surface area (Å²) in [5.41, 5.74) is 2.76. The predicted octanol–water partition coefficient (Wildman–Crippen LogP) is 4.05. The Morgan fingerprint density at radius 3 is 2.58 bits per heavy atom. The van der Waals surface area contributed by atoms with Gasteiger partial charge in [0.05, 0.1) is 12.6 Å². The van der Waals surface area contributed by atoms with E-state index in [-0.39, 0.29) is 29.8 Å². The van der Waals surface area contributed by atoms with Crippen LogP contribution in [0.15, 0.2) is 24.3 Å². The van der Waals surface area contributed by atoms with Crippen molar-refractivity contribution in [1.82, 2.24) is 9.80 Å². The zero-order chi connectivity index (χ0) is 19.5. The summed E-state index contributed by atoms with van der Waals surface area (Å²) in [6.07, 6.45) is 2.38. The maximum Gasteiger partial charge on any atom is 0.242 e. The molecule has 0 fully saturated rings. The molecule has 4 heteroatoms. The fourth-order valence-electron chi connectivity index (χ4n) is 4.07. The van der Waals surface area contributed by atoms with E-state index >= 15 is 0 Å². The van der Waals surface area contributed by atoms with Crippen LogP contribution in [-0.2, 0) is 16.0 Å². The predicted molar refractivity (Wildman–Crippen MR) is 106 cm³/mol. The van der Waals surface area contributed by atoms with Crippen molar-refractivity contribution in [3.05, 3.63) is 35.4 Å². The van der Waals surface area contributed by atoms with E-state index in [1.807, 2.05) is 17.0 Å². The number of nitrogens with zero attached hydrogens (tertiary/aromatic N) is 2. The largest absolute Gasteiger partial charge is 0.336 e. The second kappa shape index (κ2) is 8.24. The van der Waals surface area contributed by atoms with Gasteiger partial charge in [0.25, 0.3) is 0 Å². The Bertz CT molecular complexity index is 648. The fourth-order valence-corrected chi connectivity index (χ4v) is 4.07. The monoisotopic (exact) mass is 358 g/mol. The molecule has 0 radical (unpaired) electrons. The average molecular weight is 359 g/mol. The zero-order valence-electron chi connectivity index (χ0n) is 17.2. The van der Waals surface area contributed by atoms with E-state index in [0.29, 0.717) is 12.3 Å². The lowest BCUT2D eigenvalue weighted by molar-refractivity contribution is -0.141. The number of amides is 2. The van der Waals surface area contributed by atoms with Crippen LogP contribution >= 0.6 is 0 Å². The molecule has 1 aliphatic heterocycles. The third-order valence-corrected chi connectivity index (χ3v) is 5.20. The van der Waals surface area contributed by atoms with Gasteiger partial charge in [-0.05, 0) is 42.2 Å². The number of carbonyl (C=O) groups is 2. The van der Waals surface area contributed by atoms with E-state index in [2.05, 4.69) is 46.8 Å². The minimum Gasteiger partial charge on any atom is -0.336 e. The number of fused-ring (bicyclic) bond motifs is 1. The topological polar surface area (TPSA) is 40.6 Å². The highest BCUT2D eigenvalue weighted by molar-refractivity contribution is 5.85. The molecular weight excluding hydrogens is 324 g/mol. The van der Waals surface area contributed by atoms with E-state index < -0.39 is 0 Å². The highest BCUT2D eigenvalue weighted by Gasteiger charge is 2.28. The summed E-state index contributed by atoms with van der Waals surface area (Å²) in [6, 6.07) is 8.38. The van der Waals surface area contributed by atoms with Crippen molar-refractivity contribution in [1.29, 1.82) is 0 Å². The number of rotatable bonds is 5. The normalized spacial score (nSPS) is 18.2. The summed E-state index contributed by atoms with van der Waals surface area (Å²) >= 11 is 0. The van der Waals surface area contributed by atoms with Crippen LogP contribution in [0.4, 0.5) is 0 Å². The van der Waals surface area contributed by atoms with Gasteiger partial charge in [-0.1, -0.05) is 52.0 Å². The molecule has 2 amide bonds. The third kappa shape index (κ3) is 5.33. The molecule has 2 rings (SSSR count). The smallest absolute Gasteiger partial charge is 0.242 e. The first-order valence-electron chi connectivity index (χ1n) is 9.69. The number of hydrogen-bond donors (Lipinski definition) is 0. The van der Waals surface area contributed by atoms with Gasteiger partial charge in [-0.15, -0.1) is 0 Å². The molecular formula is C22H34N2O2. The van der Waals surface area contributed by atoms with Gasteiger partial charge >= 0.3 is 0 Å². The van der Waals surface area contributed by atoms with E-state index in [1.54, 1.807) is 11.9 Å². The first-order valence-corrected chi connectivity index (χ1v) is 9.69. The first-order chi connectivity index (χ1) is 12.1. The molecule has 0 bridgehead atoms. The van der Waals surface area contributed by atoms with E-state index in [0.717, 1.165) is 19.4 Å². The Kier molecular flexibility index (Phi) is 6.48. The van der Waals surface area contributed by atoms with Crippen molar-refractivity contribution in [3.8, 4) is 0 Å². The number of hydrogen-bond acceptors (Lipinski definition) is 2. The summed E-state index contributed by atoms with van der Waals surface area (Å²) in [5, 5.41) is 0. The maximum atomic E-state index is 12.8. The second-order valence-electron chi connectivity index (χ2n) is 9.04. The van der Waals surface area contributed by atoms with Crippen LogP contribution < -0.4 is 0 Å². The van der Waals surface area contributed by atoms with Crippen LogP contribution in [0.1, 0.15) is 64.6 Å². The quantitative estimate of drug-likeness (QED) is 0.796. The highest BCUT2D eigenvalue weighted by Crippen LogP contribution is 2.29. The molecule has 144 valence electrons. The first kappa shape index (κ1) is 20.5. The number of carbonyl (C=O) groups excluding carboxylic acids is 2. The van der Waals surface area contributed by atoms with Crippen LogP contribution in [0.3, 0.4) is 0 Å². The molecule has 2 unspecified atom stereocenters. The summed E-state index contributed by atoms with van der Waals surface area (Å²) < 4.78 is 0. The van der Waals surface area contributed by atoms with E-state index in [4.69, 9.17) is 0 Å². The molecule has 0 N–H and O–H groups in total. The van der Waals surface area contributed by atoms with Crippen LogP contribution in [0.2, 0.25) is 0 Å². The van der Waals surface area contributed by atoms with Crippen molar-refractivity contribution < 1.29 is 9.59 Å². The lowest BCUT2D eigenvalue weighted by Gasteiger charge is -2.36. The fraction of sp³-hybridized carbons (Fsp3) is 0.636. The van der Waals surface area contributed by atoms with Gasteiger partial charge in [-0.25, -0.2) is 0 Å². The Morgan fingerprint density at radius 1 is 1.27 bits per heavy atom. The minimum atomic E-state index is 0.0336. The van der Waals surface area contributed by atoms with Crippen molar-refractivity contribution in [2.45, 2.75) is 59.9 Å². The Hall–Kier alpha value is -1.84. The molecule has 1 aromatic carbocycles. The Labute approximate surface area is 158 Å². The van der Waals surface area contributed by atoms with Gasteiger partial charge in [0.2, 0.25) is 11.8 Å². The second-order valence-corrected chi connectivity index (χ2v) is 9.04. The molecule has 0 aliphatic carbocycles. The maximum absolute atomic E-state index is 12.8. The molecule has 0 saturated carbocycles. The van der Waals surface area contributed by atoms with Crippen molar-refractivity contribution >= 4 is 11.8 Å². The van der Waals surface area contributed by atoms with E-state index in [1.165, 1.54) is 11.1 Å². The molecule has 1 heterocycles. The third-order valence-electron chi connectivity index (χ3n) is 5.20. The molecule has 0 spiro atoms. The molecule has 4 nitrogen and oxygen atoms in total. The molecule has 2 atom stereocenters. The molecule has 1 aromatic rings. The summed E-state index contributed by atoms with van der Waals surface area (Å²) in [7, 11) is 1.74. The van der Waals surface area contributed by atoms with Crippen molar-refractivity contribution in [2.75, 3.05) is 20.1 Å². The van der Waals surface area contributed by atoms with Crippen LogP contribution in [0, 0.1) is 11.3 Å². The van der Waals surface area contributed by atoms with Gasteiger partial charge in [-0.3, -0.25) is 9.59 Å². The lowest BCUT2D eigenvalue weighted by Crippen LogP contribution is -2.45. The lowest BCUT2D eigenvalue weighted by atomic mass is 9.84. The summed E-state index contributed by atoms with van der Waals surface area (Å²) in [4.78, 5) is 28.8. The van der Waals surface area contributed by atoms with Gasteiger partial charge < -0.3 is 9.80 Å². The summed E-state index contributed by atoms with van der Waals surface area (Å²) in [6.45, 7) is 11.6. The zero-order valence-corrected chi connectivity index (χ0v) is 17.2. The summed E-state index contributed by atoms with van der Waals surface area (Å²) in [5.74, 6) is 0.410. The molecule has 26 heavy (non-hydrogen) atoms. The Morgan fingerprint density at radius 2 is 1.92 bits per heavy atom. The minimum absolute atomic E-state index is 0.0336. The van der Waals surface area contributed by atoms with Crippen molar-refractivity contribution in [3.63, 3.8) is 0 Å². The van der Waals surface area contributed by atoms with Gasteiger partial charge in [0.15, 0.2) is 0 Å². The average Bonchev–Trinajstić information content (AvgIpc) is 2.53. The molecule has 0 aromatic heterocycles. The molecule has 1 aliphatic rings. The Balaban J connectivity index is 1.92. The SMILES string of the molecule is CC(CC(=O)N(C)CC(=O)N1CCc2ccccc2C1C)CC(C)(C)C. The van der Waals surface area contributed by atoms with E-state index in [9.17, 15) is 9.59 Å². The van der Waals surface area contributed by atoms with Crippen LogP contribution in [0.5, 0.6) is 0 Å². The van der Waals surface area contributed by atoms with Gasteiger partial charge in [-0.2, -0.15) is 0 Å². The van der Waals surface area contributed by atoms with Crippen molar-refractivity contribution in [2.24, 2.45) is 11.3 Å². The number of benzene rings is 1.